The number of ether oxygens (including phenoxy) is 1. The Morgan fingerprint density at radius 2 is 2.12 bits per heavy atom. The number of sulfonamides is 1. The molecule has 0 aromatic rings. The van der Waals surface area contributed by atoms with Crippen LogP contribution in [0.5, 0.6) is 0 Å². The third kappa shape index (κ3) is 6.24. The number of carbonyl (C=O) groups is 1. The summed E-state index contributed by atoms with van der Waals surface area (Å²) < 4.78 is 30.0. The van der Waals surface area contributed by atoms with E-state index < -0.39 is 15.3 Å². The normalized spacial score (nSPS) is 12.8. The van der Waals surface area contributed by atoms with Gasteiger partial charge in [0.15, 0.2) is 5.25 Å². The zero-order valence-corrected chi connectivity index (χ0v) is 10.9. The van der Waals surface area contributed by atoms with Crippen LogP contribution in [0.3, 0.4) is 0 Å². The molecule has 0 rings (SSSR count). The van der Waals surface area contributed by atoms with Gasteiger partial charge in [0.05, 0.1) is 12.7 Å². The fraction of sp³-hybridized carbons (Fsp3) is 0.800. The highest BCUT2D eigenvalue weighted by atomic mass is 32.2. The van der Waals surface area contributed by atoms with E-state index in [2.05, 4.69) is 4.72 Å². The Hall–Kier alpha value is -1.13. The number of rotatable bonds is 8. The van der Waals surface area contributed by atoms with Crippen LogP contribution in [0.1, 0.15) is 33.1 Å². The molecule has 0 amide bonds. The van der Waals surface area contributed by atoms with Gasteiger partial charge in [-0.25, -0.2) is 13.1 Å². The molecule has 0 fully saturated rings. The number of esters is 1. The van der Waals surface area contributed by atoms with Crippen molar-refractivity contribution in [2.24, 2.45) is 0 Å². The van der Waals surface area contributed by atoms with Gasteiger partial charge in [-0.05, 0) is 19.8 Å². The number of nitriles is 1. The molecule has 17 heavy (non-hydrogen) atoms. The number of hydrogen-bond donors (Lipinski definition) is 1. The molecule has 0 radical (unpaired) electrons. The summed E-state index contributed by atoms with van der Waals surface area (Å²) in [6.45, 7) is 3.79. The van der Waals surface area contributed by atoms with Gasteiger partial charge in [0.2, 0.25) is 10.0 Å². The van der Waals surface area contributed by atoms with E-state index >= 15 is 0 Å². The van der Waals surface area contributed by atoms with Gasteiger partial charge < -0.3 is 4.74 Å². The van der Waals surface area contributed by atoms with Crippen molar-refractivity contribution in [3.63, 3.8) is 0 Å². The lowest BCUT2D eigenvalue weighted by atomic mass is 10.3. The van der Waals surface area contributed by atoms with E-state index in [1.54, 1.807) is 19.9 Å². The average Bonchev–Trinajstić information content (AvgIpc) is 2.26. The third-order valence-electron chi connectivity index (χ3n) is 2.06. The summed E-state index contributed by atoms with van der Waals surface area (Å²) in [5.74, 6) is -0.348. The van der Waals surface area contributed by atoms with Crippen LogP contribution < -0.4 is 4.72 Å². The highest BCUT2D eigenvalue weighted by Crippen LogP contribution is 2.03. The van der Waals surface area contributed by atoms with Crippen molar-refractivity contribution >= 4 is 16.0 Å². The van der Waals surface area contributed by atoms with Gasteiger partial charge in [-0.15, -0.1) is 0 Å². The Bertz CT molecular complexity index is 372. The standard InChI is InChI=1S/C10H18N2O4S/c1-3-9(8-11)17(14,15)12-7-5-6-10(13)16-4-2/h9,12H,3-7H2,1-2H3. The summed E-state index contributed by atoms with van der Waals surface area (Å²) in [7, 11) is -3.60. The summed E-state index contributed by atoms with van der Waals surface area (Å²) in [5.41, 5.74) is 0. The number of hydrogen-bond acceptors (Lipinski definition) is 5. The zero-order chi connectivity index (χ0) is 13.3. The molecule has 0 saturated heterocycles. The molecule has 0 bridgehead atoms. The molecular weight excluding hydrogens is 244 g/mol. The molecule has 0 aliphatic rings. The van der Waals surface area contributed by atoms with E-state index in [0.29, 0.717) is 13.0 Å². The lowest BCUT2D eigenvalue weighted by Crippen LogP contribution is -2.34. The Balaban J connectivity index is 3.97. The van der Waals surface area contributed by atoms with Gasteiger partial charge >= 0.3 is 5.97 Å². The van der Waals surface area contributed by atoms with Crippen molar-refractivity contribution in [3.05, 3.63) is 0 Å². The Morgan fingerprint density at radius 3 is 2.59 bits per heavy atom. The topological polar surface area (TPSA) is 96.3 Å². The van der Waals surface area contributed by atoms with Gasteiger partial charge in [-0.1, -0.05) is 6.92 Å². The largest absolute Gasteiger partial charge is 0.466 e. The van der Waals surface area contributed by atoms with Crippen LogP contribution in [0, 0.1) is 11.3 Å². The van der Waals surface area contributed by atoms with E-state index in [9.17, 15) is 13.2 Å². The fourth-order valence-corrected chi connectivity index (χ4v) is 2.37. The van der Waals surface area contributed by atoms with Gasteiger partial charge in [0, 0.05) is 13.0 Å². The van der Waals surface area contributed by atoms with Crippen LogP contribution in [-0.2, 0) is 19.6 Å². The Labute approximate surface area is 102 Å². The minimum atomic E-state index is -3.60. The molecule has 7 heteroatoms. The Kier molecular flexibility index (Phi) is 7.50. The molecule has 1 atom stereocenters. The maximum Gasteiger partial charge on any atom is 0.305 e. The molecule has 0 aromatic heterocycles. The second-order valence-electron chi connectivity index (χ2n) is 3.37. The van der Waals surface area contributed by atoms with Crippen molar-refractivity contribution in [1.82, 2.24) is 4.72 Å². The van der Waals surface area contributed by atoms with E-state index in [0.717, 1.165) is 0 Å². The molecule has 98 valence electrons. The molecule has 0 aliphatic carbocycles. The first-order valence-corrected chi connectivity index (χ1v) is 7.06. The third-order valence-corrected chi connectivity index (χ3v) is 3.85. The first-order chi connectivity index (χ1) is 7.97. The average molecular weight is 262 g/mol. The highest BCUT2D eigenvalue weighted by Gasteiger charge is 2.22. The van der Waals surface area contributed by atoms with Gasteiger partial charge in [0.1, 0.15) is 0 Å². The van der Waals surface area contributed by atoms with E-state index in [4.69, 9.17) is 10.00 Å². The number of nitrogens with one attached hydrogen (secondary N) is 1. The minimum Gasteiger partial charge on any atom is -0.466 e. The second-order valence-corrected chi connectivity index (χ2v) is 5.32. The lowest BCUT2D eigenvalue weighted by molar-refractivity contribution is -0.143. The molecule has 0 aromatic carbocycles. The smallest absolute Gasteiger partial charge is 0.305 e. The monoisotopic (exact) mass is 262 g/mol. The van der Waals surface area contributed by atoms with Crippen LogP contribution in [0.15, 0.2) is 0 Å². The molecule has 0 spiro atoms. The number of nitrogens with zero attached hydrogens (tertiary/aromatic N) is 1. The highest BCUT2D eigenvalue weighted by molar-refractivity contribution is 7.90. The molecule has 0 heterocycles. The van der Waals surface area contributed by atoms with Crippen LogP contribution >= 0.6 is 0 Å². The van der Waals surface area contributed by atoms with Crippen molar-refractivity contribution in [2.45, 2.75) is 38.4 Å². The predicted molar refractivity (Wildman–Crippen MR) is 62.5 cm³/mol. The van der Waals surface area contributed by atoms with Crippen molar-refractivity contribution in [1.29, 1.82) is 5.26 Å². The first-order valence-electron chi connectivity index (χ1n) is 5.51. The lowest BCUT2D eigenvalue weighted by Gasteiger charge is -2.09. The molecule has 1 N–H and O–H groups in total. The maximum atomic E-state index is 11.5. The van der Waals surface area contributed by atoms with Gasteiger partial charge in [0.25, 0.3) is 0 Å². The summed E-state index contributed by atoms with van der Waals surface area (Å²) in [5, 5.41) is 7.60. The van der Waals surface area contributed by atoms with E-state index in [1.165, 1.54) is 0 Å². The molecule has 0 aliphatic heterocycles. The van der Waals surface area contributed by atoms with Crippen molar-refractivity contribution in [2.75, 3.05) is 13.2 Å². The van der Waals surface area contributed by atoms with Crippen molar-refractivity contribution < 1.29 is 17.9 Å². The zero-order valence-electron chi connectivity index (χ0n) is 10.1. The molecule has 0 saturated carbocycles. The second kappa shape index (κ2) is 8.03. The van der Waals surface area contributed by atoms with E-state index in [-0.39, 0.29) is 25.4 Å². The van der Waals surface area contributed by atoms with Gasteiger partial charge in [-0.3, -0.25) is 4.79 Å². The fourth-order valence-electron chi connectivity index (χ4n) is 1.16. The Morgan fingerprint density at radius 1 is 1.47 bits per heavy atom. The summed E-state index contributed by atoms with van der Waals surface area (Å²) in [6, 6.07) is 1.72. The first kappa shape index (κ1) is 15.9. The molecule has 6 nitrogen and oxygen atoms in total. The van der Waals surface area contributed by atoms with Crippen molar-refractivity contribution in [3.8, 4) is 6.07 Å². The van der Waals surface area contributed by atoms with Crippen LogP contribution in [-0.4, -0.2) is 32.8 Å². The predicted octanol–water partition coefficient (Wildman–Crippen LogP) is 0.551. The number of carbonyl (C=O) groups excluding carboxylic acids is 1. The summed E-state index contributed by atoms with van der Waals surface area (Å²) in [6.07, 6.45) is 0.767. The quantitative estimate of drug-likeness (QED) is 0.509. The minimum absolute atomic E-state index is 0.138. The summed E-state index contributed by atoms with van der Waals surface area (Å²) >= 11 is 0. The van der Waals surface area contributed by atoms with Crippen LogP contribution in [0.25, 0.3) is 0 Å². The maximum absolute atomic E-state index is 11.5. The summed E-state index contributed by atoms with van der Waals surface area (Å²) in [4.78, 5) is 11.0. The van der Waals surface area contributed by atoms with E-state index in [1.807, 2.05) is 0 Å². The van der Waals surface area contributed by atoms with Gasteiger partial charge in [-0.2, -0.15) is 5.26 Å². The van der Waals surface area contributed by atoms with Crippen LogP contribution in [0.4, 0.5) is 0 Å². The molecular formula is C10H18N2O4S. The molecule has 1 unspecified atom stereocenters. The SMILES string of the molecule is CCOC(=O)CCCNS(=O)(=O)C(C#N)CC. The van der Waals surface area contributed by atoms with Crippen LogP contribution in [0.2, 0.25) is 0 Å².